The fraction of sp³-hybridized carbons (Fsp3) is 0.227. The van der Waals surface area contributed by atoms with E-state index in [1.165, 1.54) is 13.2 Å². The first-order chi connectivity index (χ1) is 14.4. The van der Waals surface area contributed by atoms with Crippen LogP contribution < -0.4 is 19.7 Å². The molecule has 1 fully saturated rings. The lowest BCUT2D eigenvalue weighted by Crippen LogP contribution is -2.54. The van der Waals surface area contributed by atoms with E-state index < -0.39 is 17.8 Å². The average Bonchev–Trinajstić information content (AvgIpc) is 2.73. The number of hydrogen-bond donors (Lipinski definition) is 1. The van der Waals surface area contributed by atoms with Crippen molar-refractivity contribution in [1.82, 2.24) is 5.32 Å². The molecule has 0 atom stereocenters. The molecule has 0 aromatic heterocycles. The molecule has 2 aromatic rings. The van der Waals surface area contributed by atoms with E-state index in [1.54, 1.807) is 42.5 Å². The molecule has 4 amide bonds. The summed E-state index contributed by atoms with van der Waals surface area (Å²) < 4.78 is 11.9. The van der Waals surface area contributed by atoms with Crippen LogP contribution in [0.4, 0.5) is 10.5 Å². The summed E-state index contributed by atoms with van der Waals surface area (Å²) >= 11 is 3.31. The Kier molecular flexibility index (Phi) is 6.89. The smallest absolute Gasteiger partial charge is 0.335 e. The minimum atomic E-state index is -0.790. The van der Waals surface area contributed by atoms with E-state index in [-0.39, 0.29) is 5.57 Å². The lowest BCUT2D eigenvalue weighted by molar-refractivity contribution is -0.122. The number of ether oxygens (including phenoxy) is 2. The Bertz CT molecular complexity index is 1000. The zero-order chi connectivity index (χ0) is 21.7. The molecule has 156 valence electrons. The molecule has 0 aliphatic carbocycles. The van der Waals surface area contributed by atoms with Crippen LogP contribution >= 0.6 is 15.9 Å². The highest BCUT2D eigenvalue weighted by Gasteiger charge is 2.36. The third-order valence-corrected chi connectivity index (χ3v) is 4.97. The maximum Gasteiger partial charge on any atom is 0.335 e. The first-order valence-corrected chi connectivity index (χ1v) is 10.2. The molecule has 0 unspecified atom stereocenters. The van der Waals surface area contributed by atoms with E-state index in [0.717, 1.165) is 22.2 Å². The maximum absolute atomic E-state index is 12.9. The van der Waals surface area contributed by atoms with E-state index in [0.29, 0.717) is 29.4 Å². The molecule has 7 nitrogen and oxygen atoms in total. The van der Waals surface area contributed by atoms with Crippen molar-refractivity contribution in [3.05, 3.63) is 58.1 Å². The molecule has 30 heavy (non-hydrogen) atoms. The van der Waals surface area contributed by atoms with Gasteiger partial charge < -0.3 is 9.47 Å². The Hall–Kier alpha value is -3.13. The van der Waals surface area contributed by atoms with Crippen LogP contribution in [0.25, 0.3) is 6.08 Å². The molecule has 3 rings (SSSR count). The number of unbranched alkanes of at least 4 members (excludes halogenated alkanes) is 1. The molecule has 0 spiro atoms. The number of carbonyl (C=O) groups excluding carboxylic acids is 3. The van der Waals surface area contributed by atoms with Crippen LogP contribution in [0, 0.1) is 0 Å². The summed E-state index contributed by atoms with van der Waals surface area (Å²) in [6.07, 6.45) is 3.36. The van der Waals surface area contributed by atoms with Gasteiger partial charge in [-0.1, -0.05) is 35.3 Å². The molecule has 8 heteroatoms. The van der Waals surface area contributed by atoms with Crippen LogP contribution in [0.2, 0.25) is 0 Å². The van der Waals surface area contributed by atoms with Crippen molar-refractivity contribution < 1.29 is 23.9 Å². The number of amides is 4. The van der Waals surface area contributed by atoms with Crippen molar-refractivity contribution in [2.75, 3.05) is 18.6 Å². The normalized spacial score (nSPS) is 15.4. The molecular formula is C22H21BrN2O5. The van der Waals surface area contributed by atoms with Gasteiger partial charge in [0.25, 0.3) is 11.8 Å². The van der Waals surface area contributed by atoms with Gasteiger partial charge in [0.05, 0.1) is 19.4 Å². The third kappa shape index (κ3) is 4.71. The number of hydrogen-bond acceptors (Lipinski definition) is 5. The predicted molar refractivity (Wildman–Crippen MR) is 117 cm³/mol. The zero-order valence-electron chi connectivity index (χ0n) is 16.6. The number of urea groups is 1. The fourth-order valence-electron chi connectivity index (χ4n) is 2.87. The van der Waals surface area contributed by atoms with E-state index in [2.05, 4.69) is 28.2 Å². The largest absolute Gasteiger partial charge is 0.493 e. The molecule has 1 saturated heterocycles. The SMILES string of the molecule is CCCCOc1ccc(C=C2C(=O)NC(=O)N(c3ccc(Br)cc3)C2=O)cc1OC. The van der Waals surface area contributed by atoms with Gasteiger partial charge in [0.15, 0.2) is 11.5 Å². The second kappa shape index (κ2) is 9.58. The molecule has 2 aromatic carbocycles. The summed E-state index contributed by atoms with van der Waals surface area (Å²) in [7, 11) is 1.52. The number of methoxy groups -OCH3 is 1. The summed E-state index contributed by atoms with van der Waals surface area (Å²) in [4.78, 5) is 38.5. The van der Waals surface area contributed by atoms with Gasteiger partial charge in [-0.2, -0.15) is 0 Å². The second-order valence-electron chi connectivity index (χ2n) is 6.55. The van der Waals surface area contributed by atoms with Crippen molar-refractivity contribution in [3.63, 3.8) is 0 Å². The Morgan fingerprint density at radius 2 is 1.80 bits per heavy atom. The highest BCUT2D eigenvalue weighted by atomic mass is 79.9. The molecular weight excluding hydrogens is 452 g/mol. The number of imide groups is 2. The Balaban J connectivity index is 1.91. The molecule has 0 bridgehead atoms. The number of nitrogens with zero attached hydrogens (tertiary/aromatic N) is 1. The summed E-state index contributed by atoms with van der Waals surface area (Å²) in [5.41, 5.74) is 0.772. The van der Waals surface area contributed by atoms with Crippen molar-refractivity contribution in [2.24, 2.45) is 0 Å². The highest BCUT2D eigenvalue weighted by molar-refractivity contribution is 9.10. The van der Waals surface area contributed by atoms with Crippen LogP contribution in [0.15, 0.2) is 52.5 Å². The quantitative estimate of drug-likeness (QED) is 0.368. The number of nitrogens with one attached hydrogen (secondary N) is 1. The van der Waals surface area contributed by atoms with E-state index in [4.69, 9.17) is 9.47 Å². The minimum Gasteiger partial charge on any atom is -0.493 e. The maximum atomic E-state index is 12.9. The van der Waals surface area contributed by atoms with Gasteiger partial charge in [0, 0.05) is 4.47 Å². The third-order valence-electron chi connectivity index (χ3n) is 4.44. The Morgan fingerprint density at radius 1 is 1.07 bits per heavy atom. The van der Waals surface area contributed by atoms with Gasteiger partial charge in [-0.3, -0.25) is 14.9 Å². The second-order valence-corrected chi connectivity index (χ2v) is 7.46. The first kappa shape index (κ1) is 21.6. The highest BCUT2D eigenvalue weighted by Crippen LogP contribution is 2.30. The van der Waals surface area contributed by atoms with Crippen LogP contribution in [0.3, 0.4) is 0 Å². The monoisotopic (exact) mass is 472 g/mol. The number of benzene rings is 2. The van der Waals surface area contributed by atoms with E-state index in [1.807, 2.05) is 0 Å². The lowest BCUT2D eigenvalue weighted by atomic mass is 10.1. The minimum absolute atomic E-state index is 0.153. The van der Waals surface area contributed by atoms with E-state index in [9.17, 15) is 14.4 Å². The standard InChI is InChI=1S/C22H21BrN2O5/c1-3-4-11-30-18-10-5-14(13-19(18)29-2)12-17-20(26)24-22(28)25(21(17)27)16-8-6-15(23)7-9-16/h5-10,12-13H,3-4,11H2,1-2H3,(H,24,26,28). The van der Waals surface area contributed by atoms with Crippen LogP contribution in [0.5, 0.6) is 11.5 Å². The molecule has 1 heterocycles. The average molecular weight is 473 g/mol. The number of rotatable bonds is 7. The predicted octanol–water partition coefficient (Wildman–Crippen LogP) is 4.30. The number of barbiturate groups is 1. The number of anilines is 1. The van der Waals surface area contributed by atoms with Crippen molar-refractivity contribution in [2.45, 2.75) is 19.8 Å². The Morgan fingerprint density at radius 3 is 2.47 bits per heavy atom. The first-order valence-electron chi connectivity index (χ1n) is 9.42. The molecule has 0 radical (unpaired) electrons. The molecule has 1 aliphatic rings. The van der Waals surface area contributed by atoms with Crippen LogP contribution in [-0.2, 0) is 9.59 Å². The summed E-state index contributed by atoms with van der Waals surface area (Å²) in [6.45, 7) is 2.64. The number of halogens is 1. The van der Waals surface area contributed by atoms with Crippen molar-refractivity contribution >= 4 is 45.5 Å². The molecule has 0 saturated carbocycles. The van der Waals surface area contributed by atoms with Crippen LogP contribution in [-0.4, -0.2) is 31.6 Å². The topological polar surface area (TPSA) is 84.9 Å². The van der Waals surface area contributed by atoms with Crippen molar-refractivity contribution in [3.8, 4) is 11.5 Å². The number of carbonyl (C=O) groups is 3. The zero-order valence-corrected chi connectivity index (χ0v) is 18.2. The summed E-state index contributed by atoms with van der Waals surface area (Å²) in [5, 5.41) is 2.21. The van der Waals surface area contributed by atoms with Gasteiger partial charge in [-0.05, 0) is 54.5 Å². The van der Waals surface area contributed by atoms with Gasteiger partial charge in [-0.25, -0.2) is 9.69 Å². The molecule has 1 N–H and O–H groups in total. The Labute approximate surface area is 182 Å². The van der Waals surface area contributed by atoms with Crippen LogP contribution in [0.1, 0.15) is 25.3 Å². The fourth-order valence-corrected chi connectivity index (χ4v) is 3.13. The summed E-state index contributed by atoms with van der Waals surface area (Å²) in [5.74, 6) is -0.377. The van der Waals surface area contributed by atoms with Gasteiger partial charge in [0.2, 0.25) is 0 Å². The van der Waals surface area contributed by atoms with Crippen molar-refractivity contribution in [1.29, 1.82) is 0 Å². The van der Waals surface area contributed by atoms with E-state index >= 15 is 0 Å². The van der Waals surface area contributed by atoms with Gasteiger partial charge in [0.1, 0.15) is 5.57 Å². The van der Waals surface area contributed by atoms with Gasteiger partial charge >= 0.3 is 6.03 Å². The lowest BCUT2D eigenvalue weighted by Gasteiger charge is -2.26. The summed E-state index contributed by atoms with van der Waals surface area (Å²) in [6, 6.07) is 11.0. The van der Waals surface area contributed by atoms with Gasteiger partial charge in [-0.15, -0.1) is 0 Å². The molecule has 1 aliphatic heterocycles.